The second-order valence-corrected chi connectivity index (χ2v) is 5.64. The van der Waals surface area contributed by atoms with Gasteiger partial charge >= 0.3 is 0 Å². The zero-order valence-electron chi connectivity index (χ0n) is 11.3. The summed E-state index contributed by atoms with van der Waals surface area (Å²) < 4.78 is 6.30. The normalized spacial score (nSPS) is 22.1. The lowest BCUT2D eigenvalue weighted by Gasteiger charge is -2.29. The standard InChI is InChI=1S/C17H18ClNO/c18-16-8-6-14(7-9-16)12-20-17(10-11-19-13-17)15-4-2-1-3-5-15/h1-9,19H,10-13H2. The van der Waals surface area contributed by atoms with Gasteiger partial charge in [-0.05, 0) is 36.2 Å². The molecule has 1 aliphatic rings. The summed E-state index contributed by atoms with van der Waals surface area (Å²) in [4.78, 5) is 0. The van der Waals surface area contributed by atoms with Crippen molar-refractivity contribution < 1.29 is 4.74 Å². The van der Waals surface area contributed by atoms with Gasteiger partial charge in [0.25, 0.3) is 0 Å². The third kappa shape index (κ3) is 2.88. The van der Waals surface area contributed by atoms with E-state index in [1.807, 2.05) is 30.3 Å². The van der Waals surface area contributed by atoms with Gasteiger partial charge in [-0.2, -0.15) is 0 Å². The molecule has 1 fully saturated rings. The van der Waals surface area contributed by atoms with Crippen molar-refractivity contribution in [3.05, 3.63) is 70.7 Å². The van der Waals surface area contributed by atoms with Crippen molar-refractivity contribution >= 4 is 11.6 Å². The number of ether oxygens (including phenoxy) is 1. The molecule has 2 aromatic rings. The summed E-state index contributed by atoms with van der Waals surface area (Å²) in [7, 11) is 0. The molecule has 0 aliphatic carbocycles. The van der Waals surface area contributed by atoms with Crippen LogP contribution >= 0.6 is 11.6 Å². The maximum absolute atomic E-state index is 6.30. The smallest absolute Gasteiger partial charge is 0.107 e. The van der Waals surface area contributed by atoms with Gasteiger partial charge in [-0.25, -0.2) is 0 Å². The van der Waals surface area contributed by atoms with E-state index >= 15 is 0 Å². The lowest BCUT2D eigenvalue weighted by Crippen LogP contribution is -2.32. The molecule has 0 aromatic heterocycles. The van der Waals surface area contributed by atoms with Gasteiger partial charge in [-0.15, -0.1) is 0 Å². The van der Waals surface area contributed by atoms with Gasteiger partial charge in [0, 0.05) is 11.6 Å². The summed E-state index contributed by atoms with van der Waals surface area (Å²) in [6, 6.07) is 18.3. The monoisotopic (exact) mass is 287 g/mol. The Kier molecular flexibility index (Phi) is 4.06. The number of nitrogens with one attached hydrogen (secondary N) is 1. The summed E-state index contributed by atoms with van der Waals surface area (Å²) in [6.45, 7) is 2.47. The van der Waals surface area contributed by atoms with E-state index in [9.17, 15) is 0 Å². The second kappa shape index (κ2) is 5.96. The highest BCUT2D eigenvalue weighted by Gasteiger charge is 2.36. The van der Waals surface area contributed by atoms with E-state index in [0.29, 0.717) is 6.61 Å². The minimum Gasteiger partial charge on any atom is -0.364 e. The molecule has 1 unspecified atom stereocenters. The van der Waals surface area contributed by atoms with Crippen molar-refractivity contribution in [2.75, 3.05) is 13.1 Å². The van der Waals surface area contributed by atoms with Gasteiger partial charge in [-0.3, -0.25) is 0 Å². The highest BCUT2D eigenvalue weighted by Crippen LogP contribution is 2.33. The highest BCUT2D eigenvalue weighted by molar-refractivity contribution is 6.30. The van der Waals surface area contributed by atoms with Crippen molar-refractivity contribution in [1.29, 1.82) is 0 Å². The first kappa shape index (κ1) is 13.6. The summed E-state index contributed by atoms with van der Waals surface area (Å²) in [6.07, 6.45) is 1.00. The molecule has 1 aliphatic heterocycles. The van der Waals surface area contributed by atoms with Crippen LogP contribution in [0.25, 0.3) is 0 Å². The molecular formula is C17H18ClNO. The Labute approximate surface area is 124 Å². The van der Waals surface area contributed by atoms with E-state index in [0.717, 1.165) is 30.1 Å². The highest BCUT2D eigenvalue weighted by atomic mass is 35.5. The molecule has 0 radical (unpaired) electrons. The number of hydrogen-bond acceptors (Lipinski definition) is 2. The van der Waals surface area contributed by atoms with Gasteiger partial charge in [0.1, 0.15) is 5.60 Å². The first-order valence-corrected chi connectivity index (χ1v) is 7.31. The Morgan fingerprint density at radius 1 is 1.05 bits per heavy atom. The first-order chi connectivity index (χ1) is 9.78. The third-order valence-corrected chi connectivity index (χ3v) is 4.10. The molecule has 0 saturated carbocycles. The molecule has 3 heteroatoms. The second-order valence-electron chi connectivity index (χ2n) is 5.20. The van der Waals surface area contributed by atoms with Crippen LogP contribution in [0.2, 0.25) is 5.02 Å². The van der Waals surface area contributed by atoms with E-state index in [1.165, 1.54) is 5.56 Å². The van der Waals surface area contributed by atoms with Gasteiger partial charge in [0.2, 0.25) is 0 Å². The van der Waals surface area contributed by atoms with Crippen molar-refractivity contribution in [2.24, 2.45) is 0 Å². The quantitative estimate of drug-likeness (QED) is 0.925. The fraction of sp³-hybridized carbons (Fsp3) is 0.294. The number of hydrogen-bond donors (Lipinski definition) is 1. The van der Waals surface area contributed by atoms with E-state index < -0.39 is 0 Å². The van der Waals surface area contributed by atoms with E-state index in [-0.39, 0.29) is 5.60 Å². The van der Waals surface area contributed by atoms with Crippen LogP contribution in [0.3, 0.4) is 0 Å². The van der Waals surface area contributed by atoms with Crippen LogP contribution in [-0.4, -0.2) is 13.1 Å². The van der Waals surface area contributed by atoms with Crippen LogP contribution in [0.15, 0.2) is 54.6 Å². The molecular weight excluding hydrogens is 270 g/mol. The van der Waals surface area contributed by atoms with Crippen LogP contribution in [0.1, 0.15) is 17.5 Å². The van der Waals surface area contributed by atoms with Crippen LogP contribution in [0, 0.1) is 0 Å². The number of rotatable bonds is 4. The predicted octanol–water partition coefficient (Wildman–Crippen LogP) is 3.75. The molecule has 3 rings (SSSR count). The molecule has 2 aromatic carbocycles. The first-order valence-electron chi connectivity index (χ1n) is 6.93. The Balaban J connectivity index is 1.77. The Hall–Kier alpha value is -1.35. The molecule has 104 valence electrons. The van der Waals surface area contributed by atoms with Gasteiger partial charge in [0.05, 0.1) is 6.61 Å². The van der Waals surface area contributed by atoms with Gasteiger partial charge < -0.3 is 10.1 Å². The fourth-order valence-corrected chi connectivity index (χ4v) is 2.79. The molecule has 0 amide bonds. The Morgan fingerprint density at radius 2 is 1.80 bits per heavy atom. The van der Waals surface area contributed by atoms with Crippen LogP contribution in [0.4, 0.5) is 0 Å². The van der Waals surface area contributed by atoms with Gasteiger partial charge in [0.15, 0.2) is 0 Å². The number of halogens is 1. The van der Waals surface area contributed by atoms with E-state index in [4.69, 9.17) is 16.3 Å². The molecule has 0 spiro atoms. The summed E-state index contributed by atoms with van der Waals surface area (Å²) in [5.41, 5.74) is 2.19. The van der Waals surface area contributed by atoms with Crippen molar-refractivity contribution in [3.8, 4) is 0 Å². The maximum Gasteiger partial charge on any atom is 0.107 e. The summed E-state index contributed by atoms with van der Waals surface area (Å²) >= 11 is 5.91. The molecule has 1 atom stereocenters. The Bertz CT molecular complexity index is 547. The lowest BCUT2D eigenvalue weighted by molar-refractivity contribution is -0.0470. The summed E-state index contributed by atoms with van der Waals surface area (Å²) in [5.74, 6) is 0. The third-order valence-electron chi connectivity index (χ3n) is 3.84. The van der Waals surface area contributed by atoms with Crippen LogP contribution in [0.5, 0.6) is 0 Å². The Morgan fingerprint density at radius 3 is 2.45 bits per heavy atom. The van der Waals surface area contributed by atoms with Crippen molar-refractivity contribution in [3.63, 3.8) is 0 Å². The van der Waals surface area contributed by atoms with Crippen LogP contribution in [-0.2, 0) is 16.9 Å². The van der Waals surface area contributed by atoms with Gasteiger partial charge in [-0.1, -0.05) is 54.1 Å². The van der Waals surface area contributed by atoms with E-state index in [1.54, 1.807) is 0 Å². The zero-order valence-corrected chi connectivity index (χ0v) is 12.1. The average molecular weight is 288 g/mol. The average Bonchev–Trinajstić information content (AvgIpc) is 2.98. The lowest BCUT2D eigenvalue weighted by atomic mass is 9.92. The fourth-order valence-electron chi connectivity index (χ4n) is 2.67. The molecule has 1 saturated heterocycles. The largest absolute Gasteiger partial charge is 0.364 e. The minimum atomic E-state index is -0.207. The molecule has 1 heterocycles. The molecule has 20 heavy (non-hydrogen) atoms. The number of benzene rings is 2. The predicted molar refractivity (Wildman–Crippen MR) is 81.8 cm³/mol. The molecule has 1 N–H and O–H groups in total. The molecule has 2 nitrogen and oxygen atoms in total. The SMILES string of the molecule is Clc1ccc(COC2(c3ccccc3)CCNC2)cc1. The molecule has 0 bridgehead atoms. The maximum atomic E-state index is 6.30. The van der Waals surface area contributed by atoms with E-state index in [2.05, 4.69) is 29.6 Å². The topological polar surface area (TPSA) is 21.3 Å². The van der Waals surface area contributed by atoms with Crippen molar-refractivity contribution in [2.45, 2.75) is 18.6 Å². The van der Waals surface area contributed by atoms with Crippen molar-refractivity contribution in [1.82, 2.24) is 5.32 Å². The summed E-state index contributed by atoms with van der Waals surface area (Å²) in [5, 5.41) is 4.17. The minimum absolute atomic E-state index is 0.207. The zero-order chi connectivity index (χ0) is 13.8. The van der Waals surface area contributed by atoms with Crippen LogP contribution < -0.4 is 5.32 Å².